The largest absolute Gasteiger partial charge is 0.385 e. The summed E-state index contributed by atoms with van der Waals surface area (Å²) < 4.78 is 14.2. The standard InChI is InChI=1S/C20H25FN4O2/c1-4-18(22-3)20(27)11-25(12-20)19(26)14-7-8-23-10-17(14)24-16-6-5-13(2)9-15(16)21/h5-10,18,22,24,27H,4,11-12H2,1-3H3/t18-/m0/s1. The van der Waals surface area contributed by atoms with Gasteiger partial charge in [0, 0.05) is 12.2 Å². The quantitative estimate of drug-likeness (QED) is 0.726. The van der Waals surface area contributed by atoms with Gasteiger partial charge in [0.15, 0.2) is 0 Å². The molecule has 1 aromatic heterocycles. The van der Waals surface area contributed by atoms with Crippen LogP contribution in [0.3, 0.4) is 0 Å². The van der Waals surface area contributed by atoms with Crippen molar-refractivity contribution in [2.45, 2.75) is 31.9 Å². The van der Waals surface area contributed by atoms with Crippen molar-refractivity contribution in [1.82, 2.24) is 15.2 Å². The number of nitrogens with zero attached hydrogens (tertiary/aromatic N) is 2. The van der Waals surface area contributed by atoms with Crippen molar-refractivity contribution in [1.29, 1.82) is 0 Å². The zero-order valence-corrected chi connectivity index (χ0v) is 15.8. The third-order valence-corrected chi connectivity index (χ3v) is 5.07. The van der Waals surface area contributed by atoms with Gasteiger partial charge >= 0.3 is 0 Å². The highest BCUT2D eigenvalue weighted by Gasteiger charge is 2.48. The molecular formula is C20H25FN4O2. The van der Waals surface area contributed by atoms with Crippen molar-refractivity contribution in [2.24, 2.45) is 0 Å². The normalized spacial score (nSPS) is 16.6. The van der Waals surface area contributed by atoms with E-state index in [4.69, 9.17) is 0 Å². The van der Waals surface area contributed by atoms with Gasteiger partial charge in [0.1, 0.15) is 11.4 Å². The van der Waals surface area contributed by atoms with Crippen LogP contribution in [0.15, 0.2) is 36.7 Å². The number of hydrogen-bond acceptors (Lipinski definition) is 5. The number of β-amino-alcohol motifs (C(OH)–C–C–N with tert-alkyl or cyclic N) is 1. The summed E-state index contributed by atoms with van der Waals surface area (Å²) in [6.45, 7) is 4.31. The molecule has 2 aromatic rings. The van der Waals surface area contributed by atoms with E-state index in [9.17, 15) is 14.3 Å². The number of rotatable bonds is 6. The van der Waals surface area contributed by atoms with Crippen LogP contribution in [0.5, 0.6) is 0 Å². The first kappa shape index (κ1) is 19.3. The second-order valence-electron chi connectivity index (χ2n) is 7.04. The summed E-state index contributed by atoms with van der Waals surface area (Å²) in [4.78, 5) is 18.5. The van der Waals surface area contributed by atoms with Crippen LogP contribution in [0.25, 0.3) is 0 Å². The summed E-state index contributed by atoms with van der Waals surface area (Å²) in [6, 6.07) is 6.38. The van der Waals surface area contributed by atoms with Crippen LogP contribution < -0.4 is 10.6 Å². The van der Waals surface area contributed by atoms with Gasteiger partial charge in [0.05, 0.1) is 36.2 Å². The highest BCUT2D eigenvalue weighted by atomic mass is 19.1. The van der Waals surface area contributed by atoms with E-state index in [1.165, 1.54) is 18.5 Å². The Morgan fingerprint density at radius 1 is 1.37 bits per heavy atom. The molecule has 2 heterocycles. The lowest BCUT2D eigenvalue weighted by Crippen LogP contribution is -2.71. The minimum absolute atomic E-state index is 0.0711. The van der Waals surface area contributed by atoms with Crippen LogP contribution >= 0.6 is 0 Å². The first-order valence-electron chi connectivity index (χ1n) is 9.04. The summed E-state index contributed by atoms with van der Waals surface area (Å²) in [5, 5.41) is 16.7. The fourth-order valence-corrected chi connectivity index (χ4v) is 3.55. The fourth-order valence-electron chi connectivity index (χ4n) is 3.55. The number of pyridine rings is 1. The second-order valence-corrected chi connectivity index (χ2v) is 7.04. The molecule has 0 spiro atoms. The number of carbonyl (C=O) groups is 1. The van der Waals surface area contributed by atoms with Gasteiger partial charge in [-0.2, -0.15) is 0 Å². The Balaban J connectivity index is 1.77. The first-order valence-corrected chi connectivity index (χ1v) is 9.04. The van der Waals surface area contributed by atoms with Crippen LogP contribution in [0.4, 0.5) is 15.8 Å². The molecule has 0 saturated carbocycles. The van der Waals surface area contributed by atoms with Crippen LogP contribution in [0.1, 0.15) is 29.3 Å². The molecule has 3 N–H and O–H groups in total. The predicted molar refractivity (Wildman–Crippen MR) is 103 cm³/mol. The number of aromatic nitrogens is 1. The number of likely N-dealkylation sites (tertiary alicyclic amines) is 1. The molecule has 1 aromatic carbocycles. The maximum absolute atomic E-state index is 14.2. The summed E-state index contributed by atoms with van der Waals surface area (Å²) in [7, 11) is 1.80. The third-order valence-electron chi connectivity index (χ3n) is 5.07. The smallest absolute Gasteiger partial charge is 0.256 e. The maximum atomic E-state index is 14.2. The molecule has 0 unspecified atom stereocenters. The van der Waals surface area contributed by atoms with Crippen molar-refractivity contribution in [3.05, 3.63) is 53.6 Å². The van der Waals surface area contributed by atoms with E-state index in [1.807, 2.05) is 13.8 Å². The summed E-state index contributed by atoms with van der Waals surface area (Å²) in [5.41, 5.74) is 0.994. The fraction of sp³-hybridized carbons (Fsp3) is 0.400. The van der Waals surface area contributed by atoms with Gasteiger partial charge < -0.3 is 20.6 Å². The molecule has 1 saturated heterocycles. The second kappa shape index (κ2) is 7.62. The van der Waals surface area contributed by atoms with Gasteiger partial charge in [0.2, 0.25) is 0 Å². The zero-order valence-electron chi connectivity index (χ0n) is 15.8. The molecule has 6 nitrogen and oxygen atoms in total. The van der Waals surface area contributed by atoms with E-state index in [-0.39, 0.29) is 30.7 Å². The van der Waals surface area contributed by atoms with E-state index in [1.54, 1.807) is 30.1 Å². The maximum Gasteiger partial charge on any atom is 0.256 e. The van der Waals surface area contributed by atoms with Crippen molar-refractivity contribution in [3.8, 4) is 0 Å². The van der Waals surface area contributed by atoms with Crippen molar-refractivity contribution in [2.75, 3.05) is 25.5 Å². The number of hydrogen-bond donors (Lipinski definition) is 3. The van der Waals surface area contributed by atoms with Crippen LogP contribution in [0.2, 0.25) is 0 Å². The molecular weight excluding hydrogens is 347 g/mol. The average Bonchev–Trinajstić information content (AvgIpc) is 2.62. The highest BCUT2D eigenvalue weighted by molar-refractivity contribution is 6.00. The molecule has 0 aliphatic carbocycles. The summed E-state index contributed by atoms with van der Waals surface area (Å²) >= 11 is 0. The molecule has 1 aliphatic rings. The summed E-state index contributed by atoms with van der Waals surface area (Å²) in [6.07, 6.45) is 3.79. The summed E-state index contributed by atoms with van der Waals surface area (Å²) in [5.74, 6) is -0.613. The highest BCUT2D eigenvalue weighted by Crippen LogP contribution is 2.30. The number of amides is 1. The van der Waals surface area contributed by atoms with Crippen molar-refractivity contribution >= 4 is 17.3 Å². The van der Waals surface area contributed by atoms with Crippen LogP contribution in [-0.4, -0.2) is 52.7 Å². The molecule has 27 heavy (non-hydrogen) atoms. The van der Waals surface area contributed by atoms with E-state index in [0.717, 1.165) is 12.0 Å². The Labute approximate surface area is 158 Å². The number of benzene rings is 1. The monoisotopic (exact) mass is 372 g/mol. The van der Waals surface area contributed by atoms with Gasteiger partial charge in [-0.25, -0.2) is 4.39 Å². The molecule has 3 rings (SSSR count). The Morgan fingerprint density at radius 2 is 2.11 bits per heavy atom. The molecule has 144 valence electrons. The Bertz CT molecular complexity index is 832. The van der Waals surface area contributed by atoms with E-state index in [2.05, 4.69) is 15.6 Å². The molecule has 1 amide bonds. The Kier molecular flexibility index (Phi) is 5.43. The minimum Gasteiger partial charge on any atom is -0.385 e. The van der Waals surface area contributed by atoms with Gasteiger partial charge in [-0.05, 0) is 44.2 Å². The number of halogens is 1. The lowest BCUT2D eigenvalue weighted by molar-refractivity contribution is -0.103. The molecule has 1 aliphatic heterocycles. The number of aryl methyl sites for hydroxylation is 1. The molecule has 0 radical (unpaired) electrons. The third kappa shape index (κ3) is 3.79. The molecule has 1 atom stereocenters. The molecule has 1 fully saturated rings. The van der Waals surface area contributed by atoms with Gasteiger partial charge in [-0.3, -0.25) is 9.78 Å². The topological polar surface area (TPSA) is 77.5 Å². The number of anilines is 2. The van der Waals surface area contributed by atoms with Crippen molar-refractivity contribution < 1.29 is 14.3 Å². The van der Waals surface area contributed by atoms with Gasteiger partial charge in [-0.1, -0.05) is 13.0 Å². The Hall–Kier alpha value is -2.51. The SMILES string of the molecule is CC[C@H](NC)C1(O)CN(C(=O)c2ccncc2Nc2ccc(C)cc2F)C1. The zero-order chi connectivity index (χ0) is 19.6. The lowest BCUT2D eigenvalue weighted by Gasteiger charge is -2.50. The lowest BCUT2D eigenvalue weighted by atomic mass is 9.84. The van der Waals surface area contributed by atoms with E-state index < -0.39 is 11.4 Å². The van der Waals surface area contributed by atoms with Crippen LogP contribution in [0, 0.1) is 12.7 Å². The molecule has 7 heteroatoms. The van der Waals surface area contributed by atoms with E-state index >= 15 is 0 Å². The van der Waals surface area contributed by atoms with E-state index in [0.29, 0.717) is 11.3 Å². The average molecular weight is 372 g/mol. The minimum atomic E-state index is -0.928. The van der Waals surface area contributed by atoms with Gasteiger partial charge in [0.25, 0.3) is 5.91 Å². The Morgan fingerprint density at radius 3 is 2.74 bits per heavy atom. The van der Waals surface area contributed by atoms with Gasteiger partial charge in [-0.15, -0.1) is 0 Å². The first-order chi connectivity index (χ1) is 12.9. The number of carbonyl (C=O) groups excluding carboxylic acids is 1. The number of aliphatic hydroxyl groups is 1. The predicted octanol–water partition coefficient (Wildman–Crippen LogP) is 2.46. The van der Waals surface area contributed by atoms with Crippen LogP contribution in [-0.2, 0) is 0 Å². The molecule has 0 bridgehead atoms. The number of likely N-dealkylation sites (N-methyl/N-ethyl adjacent to an activating group) is 1. The van der Waals surface area contributed by atoms with Crippen molar-refractivity contribution in [3.63, 3.8) is 0 Å². The number of nitrogens with one attached hydrogen (secondary N) is 2.